The van der Waals surface area contributed by atoms with Gasteiger partial charge in [-0.15, -0.1) is 0 Å². The third kappa shape index (κ3) is 2.00. The number of nitrogen functional groups attached to an aromatic ring is 1. The Labute approximate surface area is 81.7 Å². The monoisotopic (exact) mass is 222 g/mol. The van der Waals surface area contributed by atoms with E-state index in [0.29, 0.717) is 6.07 Å². The maximum atomic E-state index is 13.1. The normalized spacial score (nSPS) is 11.5. The van der Waals surface area contributed by atoms with E-state index in [9.17, 15) is 22.4 Å². The van der Waals surface area contributed by atoms with Crippen molar-refractivity contribution in [2.75, 3.05) is 5.73 Å². The third-order valence-electron chi connectivity index (χ3n) is 1.72. The van der Waals surface area contributed by atoms with E-state index in [1.54, 1.807) is 0 Å². The summed E-state index contributed by atoms with van der Waals surface area (Å²) in [7, 11) is 0. The minimum atomic E-state index is -4.85. The smallest absolute Gasteiger partial charge is 0.396 e. The number of hydrogen-bond donors (Lipinski definition) is 2. The predicted octanol–water partition coefficient (Wildman–Crippen LogP) is 1.53. The van der Waals surface area contributed by atoms with E-state index in [-0.39, 0.29) is 0 Å². The van der Waals surface area contributed by atoms with Crippen molar-refractivity contribution < 1.29 is 22.4 Å². The van der Waals surface area contributed by atoms with Crippen LogP contribution in [0.3, 0.4) is 0 Å². The van der Waals surface area contributed by atoms with Gasteiger partial charge in [0.2, 0.25) is 0 Å². The fraction of sp³-hybridized carbons (Fsp3) is 0.125. The van der Waals surface area contributed by atoms with Crippen LogP contribution >= 0.6 is 0 Å². The Morgan fingerprint density at radius 1 is 1.27 bits per heavy atom. The maximum absolute atomic E-state index is 13.1. The molecule has 1 rings (SSSR count). The molecule has 0 atom stereocenters. The lowest BCUT2D eigenvalue weighted by atomic mass is 10.0. The van der Waals surface area contributed by atoms with E-state index in [1.807, 2.05) is 0 Å². The number of alkyl halides is 3. The first-order chi connectivity index (χ1) is 6.75. The highest BCUT2D eigenvalue weighted by atomic mass is 19.4. The fourth-order valence-electron chi connectivity index (χ4n) is 1.07. The second kappa shape index (κ2) is 3.41. The summed E-state index contributed by atoms with van der Waals surface area (Å²) in [6.07, 6.45) is -4.85. The number of anilines is 1. The number of carbonyl (C=O) groups is 1. The van der Waals surface area contributed by atoms with Crippen LogP contribution < -0.4 is 11.5 Å². The Morgan fingerprint density at radius 3 is 2.20 bits per heavy atom. The molecule has 1 amide bonds. The van der Waals surface area contributed by atoms with Crippen LogP contribution in [0.15, 0.2) is 12.1 Å². The number of amides is 1. The van der Waals surface area contributed by atoms with Crippen LogP contribution in [0, 0.1) is 5.82 Å². The standard InChI is InChI=1S/C8H6F4N2O/c9-6-4(13)2-1-3(8(10,11)12)5(6)7(14)15/h1-2H,13H2,(H2,14,15). The number of halogens is 4. The molecule has 1 aromatic carbocycles. The molecule has 0 bridgehead atoms. The molecule has 0 radical (unpaired) electrons. The highest BCUT2D eigenvalue weighted by molar-refractivity contribution is 5.95. The third-order valence-corrected chi connectivity index (χ3v) is 1.72. The Bertz CT molecular complexity index is 414. The van der Waals surface area contributed by atoms with Gasteiger partial charge in [0.05, 0.1) is 16.8 Å². The van der Waals surface area contributed by atoms with Crippen LogP contribution in [0.4, 0.5) is 23.2 Å². The summed E-state index contributed by atoms with van der Waals surface area (Å²) >= 11 is 0. The zero-order chi connectivity index (χ0) is 11.8. The average molecular weight is 222 g/mol. The molecule has 3 nitrogen and oxygen atoms in total. The van der Waals surface area contributed by atoms with Gasteiger partial charge in [-0.1, -0.05) is 0 Å². The summed E-state index contributed by atoms with van der Waals surface area (Å²) in [6.45, 7) is 0. The highest BCUT2D eigenvalue weighted by Gasteiger charge is 2.36. The molecule has 4 N–H and O–H groups in total. The molecule has 0 unspecified atom stereocenters. The van der Waals surface area contributed by atoms with Crippen LogP contribution in [0.5, 0.6) is 0 Å². The Kier molecular flexibility index (Phi) is 2.57. The van der Waals surface area contributed by atoms with Crippen molar-refractivity contribution in [2.24, 2.45) is 5.73 Å². The highest BCUT2D eigenvalue weighted by Crippen LogP contribution is 2.34. The molecular formula is C8H6F4N2O. The minimum absolute atomic E-state index is 0.512. The molecular weight excluding hydrogens is 216 g/mol. The zero-order valence-electron chi connectivity index (χ0n) is 7.23. The topological polar surface area (TPSA) is 69.1 Å². The van der Waals surface area contributed by atoms with E-state index in [4.69, 9.17) is 5.73 Å². The van der Waals surface area contributed by atoms with E-state index in [2.05, 4.69) is 5.73 Å². The average Bonchev–Trinajstić information content (AvgIpc) is 2.06. The summed E-state index contributed by atoms with van der Waals surface area (Å²) in [5.41, 5.74) is 6.45. The molecule has 0 aliphatic rings. The van der Waals surface area contributed by atoms with E-state index in [1.165, 1.54) is 0 Å². The van der Waals surface area contributed by atoms with Crippen molar-refractivity contribution in [1.82, 2.24) is 0 Å². The van der Waals surface area contributed by atoms with Crippen LogP contribution in [-0.2, 0) is 6.18 Å². The van der Waals surface area contributed by atoms with Gasteiger partial charge in [0.15, 0.2) is 5.82 Å². The number of carbonyl (C=O) groups excluding carboxylic acids is 1. The van der Waals surface area contributed by atoms with Crippen molar-refractivity contribution in [3.63, 3.8) is 0 Å². The van der Waals surface area contributed by atoms with Gasteiger partial charge in [-0.05, 0) is 12.1 Å². The molecule has 0 aliphatic carbocycles. The first-order valence-corrected chi connectivity index (χ1v) is 3.70. The van der Waals surface area contributed by atoms with Gasteiger partial charge >= 0.3 is 6.18 Å². The van der Waals surface area contributed by atoms with Gasteiger partial charge in [0.1, 0.15) is 0 Å². The summed E-state index contributed by atoms with van der Waals surface area (Å²) in [6, 6.07) is 1.24. The Balaban J connectivity index is 3.55. The van der Waals surface area contributed by atoms with E-state index >= 15 is 0 Å². The summed E-state index contributed by atoms with van der Waals surface area (Å²) in [5.74, 6) is -2.95. The van der Waals surface area contributed by atoms with Gasteiger partial charge in [0.25, 0.3) is 5.91 Å². The number of nitrogens with two attached hydrogens (primary N) is 2. The molecule has 82 valence electrons. The van der Waals surface area contributed by atoms with Crippen LogP contribution in [0.25, 0.3) is 0 Å². The molecule has 0 heterocycles. The van der Waals surface area contributed by atoms with Gasteiger partial charge in [-0.2, -0.15) is 13.2 Å². The van der Waals surface area contributed by atoms with E-state index in [0.717, 1.165) is 6.07 Å². The van der Waals surface area contributed by atoms with Crippen molar-refractivity contribution in [3.05, 3.63) is 29.1 Å². The number of primary amides is 1. The maximum Gasteiger partial charge on any atom is 0.417 e. The predicted molar refractivity (Wildman–Crippen MR) is 44.3 cm³/mol. The molecule has 1 aromatic rings. The van der Waals surface area contributed by atoms with Crippen molar-refractivity contribution in [2.45, 2.75) is 6.18 Å². The molecule has 7 heteroatoms. The first kappa shape index (κ1) is 11.3. The molecule has 0 saturated heterocycles. The lowest BCUT2D eigenvalue weighted by molar-refractivity contribution is -0.138. The molecule has 0 aromatic heterocycles. The quantitative estimate of drug-likeness (QED) is 0.558. The molecule has 15 heavy (non-hydrogen) atoms. The summed E-state index contributed by atoms with van der Waals surface area (Å²) in [5, 5.41) is 0. The fourth-order valence-corrected chi connectivity index (χ4v) is 1.07. The Hall–Kier alpha value is -1.79. The second-order valence-electron chi connectivity index (χ2n) is 2.75. The minimum Gasteiger partial charge on any atom is -0.396 e. The number of hydrogen-bond acceptors (Lipinski definition) is 2. The van der Waals surface area contributed by atoms with Gasteiger partial charge in [0, 0.05) is 0 Å². The van der Waals surface area contributed by atoms with E-state index < -0.39 is 34.7 Å². The number of rotatable bonds is 1. The van der Waals surface area contributed by atoms with Gasteiger partial charge in [-0.3, -0.25) is 4.79 Å². The SMILES string of the molecule is NC(=O)c1c(C(F)(F)F)ccc(N)c1F. The largest absolute Gasteiger partial charge is 0.417 e. The van der Waals surface area contributed by atoms with Crippen molar-refractivity contribution >= 4 is 11.6 Å². The lowest BCUT2D eigenvalue weighted by Crippen LogP contribution is -2.21. The molecule has 0 spiro atoms. The second-order valence-corrected chi connectivity index (χ2v) is 2.75. The van der Waals surface area contributed by atoms with Crippen molar-refractivity contribution in [3.8, 4) is 0 Å². The number of benzene rings is 1. The zero-order valence-corrected chi connectivity index (χ0v) is 7.23. The molecule has 0 saturated carbocycles. The van der Waals surface area contributed by atoms with Crippen molar-refractivity contribution in [1.29, 1.82) is 0 Å². The first-order valence-electron chi connectivity index (χ1n) is 3.70. The Morgan fingerprint density at radius 2 is 1.80 bits per heavy atom. The van der Waals surface area contributed by atoms with Crippen LogP contribution in [0.2, 0.25) is 0 Å². The van der Waals surface area contributed by atoms with Gasteiger partial charge in [-0.25, -0.2) is 4.39 Å². The van der Waals surface area contributed by atoms with Gasteiger partial charge < -0.3 is 11.5 Å². The lowest BCUT2D eigenvalue weighted by Gasteiger charge is -2.12. The summed E-state index contributed by atoms with van der Waals surface area (Å²) in [4.78, 5) is 10.7. The van der Waals surface area contributed by atoms with Crippen LogP contribution in [0.1, 0.15) is 15.9 Å². The molecule has 0 fully saturated rings. The van der Waals surface area contributed by atoms with Crippen LogP contribution in [-0.4, -0.2) is 5.91 Å². The molecule has 0 aliphatic heterocycles. The summed E-state index contributed by atoms with van der Waals surface area (Å²) < 4.78 is 50.0.